The van der Waals surface area contributed by atoms with Crippen LogP contribution in [0, 0.1) is 0 Å². The zero-order valence-electron chi connectivity index (χ0n) is 15.5. The molecule has 2 aromatic carbocycles. The summed E-state index contributed by atoms with van der Waals surface area (Å²) in [6.45, 7) is 2.79. The summed E-state index contributed by atoms with van der Waals surface area (Å²) in [5.74, 6) is 1.19. The summed E-state index contributed by atoms with van der Waals surface area (Å²) < 4.78 is 5.36. The van der Waals surface area contributed by atoms with E-state index >= 15 is 0 Å². The average molecular weight is 377 g/mol. The van der Waals surface area contributed by atoms with Crippen LogP contribution in [-0.4, -0.2) is 40.2 Å². The number of likely N-dealkylation sites (tertiary alicyclic amines) is 1. The minimum absolute atomic E-state index is 0.122. The molecule has 0 aliphatic carbocycles. The topological polar surface area (TPSA) is 83.3 Å². The van der Waals surface area contributed by atoms with Gasteiger partial charge < -0.3 is 15.2 Å². The predicted molar refractivity (Wildman–Crippen MR) is 105 cm³/mol. The largest absolute Gasteiger partial charge is 0.334 e. The summed E-state index contributed by atoms with van der Waals surface area (Å²) in [5.41, 5.74) is 1.99. The molecule has 144 valence electrons. The number of urea groups is 1. The summed E-state index contributed by atoms with van der Waals surface area (Å²) in [7, 11) is 0. The van der Waals surface area contributed by atoms with Crippen molar-refractivity contribution >= 4 is 6.03 Å². The van der Waals surface area contributed by atoms with E-state index in [0.717, 1.165) is 30.6 Å². The molecule has 7 nitrogen and oxygen atoms in total. The van der Waals surface area contributed by atoms with Gasteiger partial charge in [-0.2, -0.15) is 4.98 Å². The van der Waals surface area contributed by atoms with Gasteiger partial charge in [-0.3, -0.25) is 4.90 Å². The lowest BCUT2D eigenvalue weighted by Gasteiger charge is -2.15. The van der Waals surface area contributed by atoms with Crippen LogP contribution in [0.1, 0.15) is 17.8 Å². The van der Waals surface area contributed by atoms with E-state index in [1.165, 1.54) is 0 Å². The van der Waals surface area contributed by atoms with Gasteiger partial charge in [0.15, 0.2) is 5.82 Å². The number of carbonyl (C=O) groups excluding carboxylic acids is 1. The van der Waals surface area contributed by atoms with Crippen LogP contribution in [0.4, 0.5) is 4.79 Å². The van der Waals surface area contributed by atoms with Crippen molar-refractivity contribution in [2.24, 2.45) is 0 Å². The maximum atomic E-state index is 12.1. The molecule has 1 saturated heterocycles. The lowest BCUT2D eigenvalue weighted by atomic mass is 10.2. The number of amides is 2. The Kier molecular flexibility index (Phi) is 5.63. The molecule has 2 N–H and O–H groups in total. The van der Waals surface area contributed by atoms with Gasteiger partial charge in [0, 0.05) is 31.2 Å². The van der Waals surface area contributed by atoms with Gasteiger partial charge in [-0.15, -0.1) is 0 Å². The highest BCUT2D eigenvalue weighted by Crippen LogP contribution is 2.18. The number of rotatable bonds is 6. The molecule has 1 aliphatic heterocycles. The van der Waals surface area contributed by atoms with E-state index in [1.54, 1.807) is 0 Å². The van der Waals surface area contributed by atoms with Crippen molar-refractivity contribution in [3.8, 4) is 11.5 Å². The molecule has 2 heterocycles. The Morgan fingerprint density at radius 2 is 1.86 bits per heavy atom. The fourth-order valence-electron chi connectivity index (χ4n) is 3.32. The molecule has 4 rings (SSSR count). The summed E-state index contributed by atoms with van der Waals surface area (Å²) in [4.78, 5) is 18.8. The van der Waals surface area contributed by atoms with Gasteiger partial charge in [-0.25, -0.2) is 4.79 Å². The number of benzene rings is 2. The summed E-state index contributed by atoms with van der Waals surface area (Å²) in [6, 6.07) is 19.6. The number of nitrogens with one attached hydrogen (secondary N) is 2. The van der Waals surface area contributed by atoms with Crippen molar-refractivity contribution in [3.63, 3.8) is 0 Å². The minimum Gasteiger partial charge on any atom is -0.334 e. The maximum absolute atomic E-state index is 12.1. The first-order valence-electron chi connectivity index (χ1n) is 9.45. The van der Waals surface area contributed by atoms with Crippen LogP contribution in [0.5, 0.6) is 0 Å². The van der Waals surface area contributed by atoms with E-state index in [-0.39, 0.29) is 12.1 Å². The summed E-state index contributed by atoms with van der Waals surface area (Å²) >= 11 is 0. The highest BCUT2D eigenvalue weighted by atomic mass is 16.5. The van der Waals surface area contributed by atoms with Crippen LogP contribution < -0.4 is 10.6 Å². The monoisotopic (exact) mass is 377 g/mol. The molecule has 1 aliphatic rings. The molecule has 28 heavy (non-hydrogen) atoms. The van der Waals surface area contributed by atoms with E-state index in [0.29, 0.717) is 24.8 Å². The smallest absolute Gasteiger partial charge is 0.315 e. The first-order valence-corrected chi connectivity index (χ1v) is 9.45. The summed E-state index contributed by atoms with van der Waals surface area (Å²) in [6.07, 6.45) is 0.905. The highest BCUT2D eigenvalue weighted by Gasteiger charge is 2.25. The van der Waals surface area contributed by atoms with E-state index in [4.69, 9.17) is 4.52 Å². The van der Waals surface area contributed by atoms with Crippen molar-refractivity contribution in [1.82, 2.24) is 25.7 Å². The molecule has 0 spiro atoms. The second-order valence-corrected chi connectivity index (χ2v) is 6.92. The zero-order valence-corrected chi connectivity index (χ0v) is 15.5. The van der Waals surface area contributed by atoms with Gasteiger partial charge in [-0.1, -0.05) is 53.7 Å². The number of hydrogen-bond donors (Lipinski definition) is 2. The Morgan fingerprint density at radius 3 is 2.64 bits per heavy atom. The number of carbonyl (C=O) groups is 1. The Morgan fingerprint density at radius 1 is 1.11 bits per heavy atom. The second-order valence-electron chi connectivity index (χ2n) is 6.92. The van der Waals surface area contributed by atoms with Crippen LogP contribution in [0.25, 0.3) is 11.5 Å². The Balaban J connectivity index is 1.23. The van der Waals surface area contributed by atoms with Crippen molar-refractivity contribution in [2.75, 3.05) is 13.1 Å². The molecule has 1 atom stereocenters. The van der Waals surface area contributed by atoms with E-state index in [9.17, 15) is 4.79 Å². The quantitative estimate of drug-likeness (QED) is 0.690. The molecule has 3 aromatic rings. The minimum atomic E-state index is -0.137. The Labute approximate surface area is 163 Å². The van der Waals surface area contributed by atoms with Gasteiger partial charge >= 0.3 is 6.03 Å². The molecule has 1 unspecified atom stereocenters. The summed E-state index contributed by atoms with van der Waals surface area (Å²) in [5, 5.41) is 10.0. The number of nitrogens with zero attached hydrogens (tertiary/aromatic N) is 3. The molecular weight excluding hydrogens is 354 g/mol. The fourth-order valence-corrected chi connectivity index (χ4v) is 3.32. The van der Waals surface area contributed by atoms with Crippen molar-refractivity contribution in [2.45, 2.75) is 25.6 Å². The molecule has 7 heteroatoms. The standard InChI is InChI=1S/C21H23N5O2/c27-21(22-13-16-7-3-1-4-8-16)23-18-11-12-26(14-18)15-19-24-20(28-25-19)17-9-5-2-6-10-17/h1-10,18H,11-15H2,(H2,22,23,27). The van der Waals surface area contributed by atoms with Crippen LogP contribution >= 0.6 is 0 Å². The molecule has 1 fully saturated rings. The lowest BCUT2D eigenvalue weighted by molar-refractivity contribution is 0.235. The normalized spacial score (nSPS) is 16.8. The average Bonchev–Trinajstić information content (AvgIpc) is 3.38. The van der Waals surface area contributed by atoms with Crippen LogP contribution in [0.3, 0.4) is 0 Å². The fraction of sp³-hybridized carbons (Fsp3) is 0.286. The van der Waals surface area contributed by atoms with Crippen molar-refractivity contribution in [3.05, 3.63) is 72.1 Å². The highest BCUT2D eigenvalue weighted by molar-refractivity contribution is 5.74. The van der Waals surface area contributed by atoms with E-state index in [1.807, 2.05) is 60.7 Å². The third-order valence-corrected chi connectivity index (χ3v) is 4.76. The molecule has 0 bridgehead atoms. The third-order valence-electron chi connectivity index (χ3n) is 4.76. The van der Waals surface area contributed by atoms with Gasteiger partial charge in [-0.05, 0) is 24.1 Å². The van der Waals surface area contributed by atoms with E-state index in [2.05, 4.69) is 25.7 Å². The predicted octanol–water partition coefficient (Wildman–Crippen LogP) is 2.81. The van der Waals surface area contributed by atoms with Gasteiger partial charge in [0.2, 0.25) is 0 Å². The van der Waals surface area contributed by atoms with E-state index < -0.39 is 0 Å². The third kappa shape index (κ3) is 4.75. The molecular formula is C21H23N5O2. The Bertz CT molecular complexity index is 897. The van der Waals surface area contributed by atoms with Crippen molar-refractivity contribution in [1.29, 1.82) is 0 Å². The van der Waals surface area contributed by atoms with Crippen LogP contribution in [0.2, 0.25) is 0 Å². The van der Waals surface area contributed by atoms with Crippen LogP contribution in [0.15, 0.2) is 65.2 Å². The number of hydrogen-bond acceptors (Lipinski definition) is 5. The second kappa shape index (κ2) is 8.67. The maximum Gasteiger partial charge on any atom is 0.315 e. The number of aromatic nitrogens is 2. The first kappa shape index (κ1) is 18.2. The van der Waals surface area contributed by atoms with Gasteiger partial charge in [0.1, 0.15) is 0 Å². The van der Waals surface area contributed by atoms with Crippen molar-refractivity contribution < 1.29 is 9.32 Å². The Hall–Kier alpha value is -3.19. The SMILES string of the molecule is O=C(NCc1ccccc1)NC1CCN(Cc2noc(-c3ccccc3)n2)C1. The lowest BCUT2D eigenvalue weighted by Crippen LogP contribution is -2.43. The molecule has 0 radical (unpaired) electrons. The first-order chi connectivity index (χ1) is 13.8. The van der Waals surface area contributed by atoms with Gasteiger partial charge in [0.25, 0.3) is 5.89 Å². The van der Waals surface area contributed by atoms with Crippen LogP contribution in [-0.2, 0) is 13.1 Å². The van der Waals surface area contributed by atoms with Gasteiger partial charge in [0.05, 0.1) is 6.54 Å². The molecule has 2 amide bonds. The molecule has 1 aromatic heterocycles. The zero-order chi connectivity index (χ0) is 19.2. The molecule has 0 saturated carbocycles.